The molecular formula is C19H38O2. The van der Waals surface area contributed by atoms with E-state index in [-0.39, 0.29) is 18.0 Å². The SMILES string of the molecule is CCCCCCCC(CCCCCC)C(=O)OC(C)CC. The van der Waals surface area contributed by atoms with E-state index in [1.54, 1.807) is 0 Å². The number of carbonyl (C=O) groups excluding carboxylic acids is 1. The highest BCUT2D eigenvalue weighted by Gasteiger charge is 2.20. The first kappa shape index (κ1) is 20.5. The van der Waals surface area contributed by atoms with Crippen molar-refractivity contribution in [1.29, 1.82) is 0 Å². The number of ether oxygens (including phenoxy) is 1. The maximum Gasteiger partial charge on any atom is 0.309 e. The van der Waals surface area contributed by atoms with E-state index in [9.17, 15) is 4.79 Å². The first-order valence-corrected chi connectivity index (χ1v) is 9.36. The van der Waals surface area contributed by atoms with Crippen molar-refractivity contribution in [2.24, 2.45) is 5.92 Å². The van der Waals surface area contributed by atoms with Gasteiger partial charge in [-0.2, -0.15) is 0 Å². The molecular weight excluding hydrogens is 260 g/mol. The lowest BCUT2D eigenvalue weighted by atomic mass is 9.94. The molecule has 0 aromatic carbocycles. The molecule has 2 atom stereocenters. The van der Waals surface area contributed by atoms with Crippen LogP contribution in [0, 0.1) is 5.92 Å². The Balaban J connectivity index is 4.09. The molecule has 0 saturated heterocycles. The fourth-order valence-corrected chi connectivity index (χ4v) is 2.57. The van der Waals surface area contributed by atoms with E-state index < -0.39 is 0 Å². The number of carbonyl (C=O) groups is 1. The second kappa shape index (κ2) is 14.4. The number of hydrogen-bond donors (Lipinski definition) is 0. The highest BCUT2D eigenvalue weighted by Crippen LogP contribution is 2.21. The molecule has 0 fully saturated rings. The smallest absolute Gasteiger partial charge is 0.309 e. The van der Waals surface area contributed by atoms with Crippen molar-refractivity contribution in [1.82, 2.24) is 0 Å². The second-order valence-electron chi connectivity index (χ2n) is 6.40. The summed E-state index contributed by atoms with van der Waals surface area (Å²) < 4.78 is 5.56. The topological polar surface area (TPSA) is 26.3 Å². The van der Waals surface area contributed by atoms with Gasteiger partial charge in [-0.05, 0) is 26.2 Å². The third kappa shape index (κ3) is 11.8. The number of hydrogen-bond acceptors (Lipinski definition) is 2. The molecule has 2 unspecified atom stereocenters. The molecule has 0 aliphatic heterocycles. The van der Waals surface area contributed by atoms with E-state index in [0.717, 1.165) is 19.3 Å². The Labute approximate surface area is 133 Å². The van der Waals surface area contributed by atoms with Gasteiger partial charge >= 0.3 is 5.97 Å². The van der Waals surface area contributed by atoms with Crippen molar-refractivity contribution in [3.05, 3.63) is 0 Å². The average molecular weight is 299 g/mol. The van der Waals surface area contributed by atoms with Crippen molar-refractivity contribution < 1.29 is 9.53 Å². The molecule has 0 bridgehead atoms. The minimum Gasteiger partial charge on any atom is -0.462 e. The lowest BCUT2D eigenvalue weighted by Gasteiger charge is -2.19. The van der Waals surface area contributed by atoms with Gasteiger partial charge in [0.15, 0.2) is 0 Å². The van der Waals surface area contributed by atoms with Crippen LogP contribution in [0.4, 0.5) is 0 Å². The van der Waals surface area contributed by atoms with Crippen LogP contribution in [-0.2, 0) is 9.53 Å². The molecule has 126 valence electrons. The summed E-state index contributed by atoms with van der Waals surface area (Å²) in [6, 6.07) is 0. The van der Waals surface area contributed by atoms with E-state index in [1.165, 1.54) is 57.8 Å². The summed E-state index contributed by atoms with van der Waals surface area (Å²) in [5.41, 5.74) is 0. The molecule has 0 saturated carbocycles. The Kier molecular flexibility index (Phi) is 14.0. The Morgan fingerprint density at radius 3 is 1.76 bits per heavy atom. The van der Waals surface area contributed by atoms with Crippen LogP contribution in [0.25, 0.3) is 0 Å². The average Bonchev–Trinajstić information content (AvgIpc) is 2.48. The predicted molar refractivity (Wildman–Crippen MR) is 91.5 cm³/mol. The van der Waals surface area contributed by atoms with Crippen LogP contribution < -0.4 is 0 Å². The first-order valence-electron chi connectivity index (χ1n) is 9.36. The van der Waals surface area contributed by atoms with Gasteiger partial charge in [-0.1, -0.05) is 78.6 Å². The highest BCUT2D eigenvalue weighted by atomic mass is 16.5. The van der Waals surface area contributed by atoms with Crippen molar-refractivity contribution in [3.8, 4) is 0 Å². The van der Waals surface area contributed by atoms with Gasteiger partial charge in [-0.3, -0.25) is 4.79 Å². The van der Waals surface area contributed by atoms with Crippen LogP contribution in [0.3, 0.4) is 0 Å². The number of unbranched alkanes of at least 4 members (excludes halogenated alkanes) is 7. The Bertz CT molecular complexity index is 238. The highest BCUT2D eigenvalue weighted by molar-refractivity contribution is 5.72. The Morgan fingerprint density at radius 1 is 0.810 bits per heavy atom. The lowest BCUT2D eigenvalue weighted by molar-refractivity contribution is -0.154. The molecule has 0 amide bonds. The number of esters is 1. The fourth-order valence-electron chi connectivity index (χ4n) is 2.57. The van der Waals surface area contributed by atoms with Crippen LogP contribution in [-0.4, -0.2) is 12.1 Å². The normalized spacial score (nSPS) is 13.9. The zero-order chi connectivity index (χ0) is 15.9. The van der Waals surface area contributed by atoms with E-state index in [0.29, 0.717) is 0 Å². The van der Waals surface area contributed by atoms with Gasteiger partial charge < -0.3 is 4.74 Å². The van der Waals surface area contributed by atoms with Gasteiger partial charge in [0.25, 0.3) is 0 Å². The molecule has 21 heavy (non-hydrogen) atoms. The molecule has 0 spiro atoms. The Morgan fingerprint density at radius 2 is 1.29 bits per heavy atom. The monoisotopic (exact) mass is 298 g/mol. The summed E-state index contributed by atoms with van der Waals surface area (Å²) in [7, 11) is 0. The van der Waals surface area contributed by atoms with Crippen molar-refractivity contribution in [2.45, 2.75) is 111 Å². The molecule has 0 aromatic rings. The van der Waals surface area contributed by atoms with Gasteiger partial charge in [0.1, 0.15) is 0 Å². The van der Waals surface area contributed by atoms with Gasteiger partial charge in [-0.25, -0.2) is 0 Å². The molecule has 2 heteroatoms. The standard InChI is InChI=1S/C19H38O2/c1-5-8-10-12-14-16-18(15-13-11-9-6-2)19(20)21-17(4)7-3/h17-18H,5-16H2,1-4H3. The third-order valence-electron chi connectivity index (χ3n) is 4.29. The van der Waals surface area contributed by atoms with E-state index in [1.807, 2.05) is 6.92 Å². The summed E-state index contributed by atoms with van der Waals surface area (Å²) >= 11 is 0. The third-order valence-corrected chi connectivity index (χ3v) is 4.29. The maximum absolute atomic E-state index is 12.3. The summed E-state index contributed by atoms with van der Waals surface area (Å²) in [4.78, 5) is 12.3. The van der Waals surface area contributed by atoms with E-state index in [4.69, 9.17) is 4.74 Å². The van der Waals surface area contributed by atoms with E-state index >= 15 is 0 Å². The molecule has 0 aliphatic rings. The molecule has 0 radical (unpaired) electrons. The molecule has 0 heterocycles. The summed E-state index contributed by atoms with van der Waals surface area (Å²) in [6.07, 6.45) is 14.3. The fraction of sp³-hybridized carbons (Fsp3) is 0.947. The first-order chi connectivity index (χ1) is 10.2. The van der Waals surface area contributed by atoms with Crippen LogP contribution in [0.15, 0.2) is 0 Å². The maximum atomic E-state index is 12.3. The zero-order valence-electron chi connectivity index (χ0n) is 15.0. The molecule has 0 rings (SSSR count). The van der Waals surface area contributed by atoms with Crippen LogP contribution in [0.1, 0.15) is 105 Å². The lowest BCUT2D eigenvalue weighted by Crippen LogP contribution is -2.22. The van der Waals surface area contributed by atoms with Gasteiger partial charge in [0.2, 0.25) is 0 Å². The van der Waals surface area contributed by atoms with E-state index in [2.05, 4.69) is 20.8 Å². The summed E-state index contributed by atoms with van der Waals surface area (Å²) in [6.45, 7) is 8.52. The minimum atomic E-state index is 0.0522. The van der Waals surface area contributed by atoms with Crippen molar-refractivity contribution >= 4 is 5.97 Å². The summed E-state index contributed by atoms with van der Waals surface area (Å²) in [5, 5.41) is 0. The second-order valence-corrected chi connectivity index (χ2v) is 6.40. The Hall–Kier alpha value is -0.530. The van der Waals surface area contributed by atoms with Gasteiger partial charge in [0, 0.05) is 0 Å². The molecule has 2 nitrogen and oxygen atoms in total. The summed E-state index contributed by atoms with van der Waals surface area (Å²) in [5.74, 6) is 0.189. The van der Waals surface area contributed by atoms with Gasteiger partial charge in [0.05, 0.1) is 12.0 Å². The van der Waals surface area contributed by atoms with Crippen LogP contribution in [0.2, 0.25) is 0 Å². The number of rotatable bonds is 14. The van der Waals surface area contributed by atoms with Gasteiger partial charge in [-0.15, -0.1) is 0 Å². The molecule has 0 aromatic heterocycles. The minimum absolute atomic E-state index is 0.0522. The van der Waals surface area contributed by atoms with Crippen molar-refractivity contribution in [3.63, 3.8) is 0 Å². The largest absolute Gasteiger partial charge is 0.462 e. The zero-order valence-corrected chi connectivity index (χ0v) is 15.0. The quantitative estimate of drug-likeness (QED) is 0.279. The predicted octanol–water partition coefficient (Wildman–Crippen LogP) is 6.28. The van der Waals surface area contributed by atoms with Crippen LogP contribution >= 0.6 is 0 Å². The molecule has 0 aliphatic carbocycles. The van der Waals surface area contributed by atoms with Crippen LogP contribution in [0.5, 0.6) is 0 Å². The molecule has 0 N–H and O–H groups in total. The van der Waals surface area contributed by atoms with Crippen molar-refractivity contribution in [2.75, 3.05) is 0 Å².